The van der Waals surface area contributed by atoms with Crippen molar-refractivity contribution in [3.8, 4) is 0 Å². The Kier molecular flexibility index (Phi) is 3.39. The lowest BCUT2D eigenvalue weighted by Gasteiger charge is -2.07. The van der Waals surface area contributed by atoms with E-state index in [0.717, 1.165) is 24.2 Å². The van der Waals surface area contributed by atoms with Gasteiger partial charge in [-0.15, -0.1) is 0 Å². The van der Waals surface area contributed by atoms with Gasteiger partial charge in [0.15, 0.2) is 0 Å². The SMILES string of the molecule is CSCCCn1c(N)nc2cccc(C)c21. The van der Waals surface area contributed by atoms with Crippen LogP contribution in [0.15, 0.2) is 18.2 Å². The standard InChI is InChI=1S/C12H17N3S/c1-9-5-3-6-10-11(9)15(12(13)14-10)7-4-8-16-2/h3,5-6H,4,7-8H2,1-2H3,(H2,13,14). The van der Waals surface area contributed by atoms with Crippen molar-refractivity contribution >= 4 is 28.7 Å². The first kappa shape index (κ1) is 11.3. The molecule has 0 spiro atoms. The van der Waals surface area contributed by atoms with Crippen molar-refractivity contribution in [2.75, 3.05) is 17.7 Å². The minimum absolute atomic E-state index is 0.630. The average molecular weight is 235 g/mol. The number of para-hydroxylation sites is 1. The number of nitrogens with two attached hydrogens (primary N) is 1. The fourth-order valence-electron chi connectivity index (χ4n) is 1.98. The molecular formula is C12H17N3S. The number of benzene rings is 1. The summed E-state index contributed by atoms with van der Waals surface area (Å²) >= 11 is 1.86. The second-order valence-corrected chi connectivity index (χ2v) is 4.90. The third-order valence-electron chi connectivity index (χ3n) is 2.73. The minimum atomic E-state index is 0.630. The smallest absolute Gasteiger partial charge is 0.201 e. The topological polar surface area (TPSA) is 43.8 Å². The zero-order valence-corrected chi connectivity index (χ0v) is 10.5. The highest BCUT2D eigenvalue weighted by Gasteiger charge is 2.09. The summed E-state index contributed by atoms with van der Waals surface area (Å²) < 4.78 is 2.13. The molecule has 0 radical (unpaired) electrons. The lowest BCUT2D eigenvalue weighted by atomic mass is 10.2. The third-order valence-corrected chi connectivity index (χ3v) is 3.43. The number of nitrogen functional groups attached to an aromatic ring is 1. The summed E-state index contributed by atoms with van der Waals surface area (Å²) in [7, 11) is 0. The molecule has 0 saturated carbocycles. The third kappa shape index (κ3) is 2.02. The first-order chi connectivity index (χ1) is 7.74. The van der Waals surface area contributed by atoms with Gasteiger partial charge < -0.3 is 10.3 Å². The Bertz CT molecular complexity index is 490. The molecule has 1 aromatic carbocycles. The van der Waals surface area contributed by atoms with Crippen LogP contribution in [0.2, 0.25) is 0 Å². The van der Waals surface area contributed by atoms with Gasteiger partial charge in [0.05, 0.1) is 11.0 Å². The maximum absolute atomic E-state index is 5.95. The number of fused-ring (bicyclic) bond motifs is 1. The van der Waals surface area contributed by atoms with Crippen molar-refractivity contribution in [3.63, 3.8) is 0 Å². The molecule has 2 N–H and O–H groups in total. The number of rotatable bonds is 4. The molecule has 0 aliphatic rings. The highest BCUT2D eigenvalue weighted by Crippen LogP contribution is 2.21. The summed E-state index contributed by atoms with van der Waals surface area (Å²) in [6.45, 7) is 3.06. The van der Waals surface area contributed by atoms with Gasteiger partial charge in [-0.3, -0.25) is 0 Å². The molecule has 0 atom stereocenters. The Morgan fingerprint density at radius 2 is 2.25 bits per heavy atom. The van der Waals surface area contributed by atoms with Crippen LogP contribution < -0.4 is 5.73 Å². The molecule has 1 heterocycles. The Balaban J connectivity index is 2.38. The van der Waals surface area contributed by atoms with E-state index in [-0.39, 0.29) is 0 Å². The van der Waals surface area contributed by atoms with Crippen LogP contribution in [0.4, 0.5) is 5.95 Å². The monoisotopic (exact) mass is 235 g/mol. The molecule has 0 amide bonds. The normalized spacial score (nSPS) is 11.1. The number of nitrogens with zero attached hydrogens (tertiary/aromatic N) is 2. The summed E-state index contributed by atoms with van der Waals surface area (Å²) in [4.78, 5) is 4.39. The van der Waals surface area contributed by atoms with E-state index in [1.165, 1.54) is 11.1 Å². The van der Waals surface area contributed by atoms with Crippen LogP contribution in [0, 0.1) is 6.92 Å². The first-order valence-corrected chi connectivity index (χ1v) is 6.83. The molecule has 3 nitrogen and oxygen atoms in total. The van der Waals surface area contributed by atoms with Crippen molar-refractivity contribution in [2.24, 2.45) is 0 Å². The number of anilines is 1. The lowest BCUT2D eigenvalue weighted by Crippen LogP contribution is -2.04. The molecule has 4 heteroatoms. The van der Waals surface area contributed by atoms with Gasteiger partial charge in [0.2, 0.25) is 5.95 Å². The molecule has 0 bridgehead atoms. The van der Waals surface area contributed by atoms with E-state index < -0.39 is 0 Å². The van der Waals surface area contributed by atoms with Gasteiger partial charge >= 0.3 is 0 Å². The van der Waals surface area contributed by atoms with E-state index in [1.807, 2.05) is 23.9 Å². The molecule has 2 aromatic rings. The van der Waals surface area contributed by atoms with Crippen LogP contribution in [0.25, 0.3) is 11.0 Å². The maximum atomic E-state index is 5.95. The highest BCUT2D eigenvalue weighted by atomic mass is 32.2. The predicted molar refractivity (Wildman–Crippen MR) is 71.9 cm³/mol. The quantitative estimate of drug-likeness (QED) is 0.829. The van der Waals surface area contributed by atoms with Crippen molar-refractivity contribution in [2.45, 2.75) is 19.9 Å². The zero-order valence-electron chi connectivity index (χ0n) is 9.73. The summed E-state index contributed by atoms with van der Waals surface area (Å²) in [5, 5.41) is 0. The molecular weight excluding hydrogens is 218 g/mol. The molecule has 0 aliphatic carbocycles. The Hall–Kier alpha value is -1.16. The van der Waals surface area contributed by atoms with Crippen LogP contribution >= 0.6 is 11.8 Å². The second-order valence-electron chi connectivity index (χ2n) is 3.91. The van der Waals surface area contributed by atoms with Crippen molar-refractivity contribution in [3.05, 3.63) is 23.8 Å². The summed E-state index contributed by atoms with van der Waals surface area (Å²) in [5.74, 6) is 1.79. The molecule has 16 heavy (non-hydrogen) atoms. The number of hydrogen-bond acceptors (Lipinski definition) is 3. The fraction of sp³-hybridized carbons (Fsp3) is 0.417. The molecule has 0 saturated heterocycles. The van der Waals surface area contributed by atoms with E-state index in [9.17, 15) is 0 Å². The van der Waals surface area contributed by atoms with Crippen molar-refractivity contribution < 1.29 is 0 Å². The first-order valence-electron chi connectivity index (χ1n) is 5.44. The van der Waals surface area contributed by atoms with E-state index in [2.05, 4.69) is 28.8 Å². The van der Waals surface area contributed by atoms with E-state index in [4.69, 9.17) is 5.73 Å². The van der Waals surface area contributed by atoms with Gasteiger partial charge in [-0.2, -0.15) is 11.8 Å². The number of imidazole rings is 1. The number of aromatic nitrogens is 2. The van der Waals surface area contributed by atoms with Crippen LogP contribution in [0.1, 0.15) is 12.0 Å². The average Bonchev–Trinajstić information content (AvgIpc) is 2.57. The van der Waals surface area contributed by atoms with Gasteiger partial charge in [0, 0.05) is 6.54 Å². The van der Waals surface area contributed by atoms with Crippen LogP contribution in [0.5, 0.6) is 0 Å². The highest BCUT2D eigenvalue weighted by molar-refractivity contribution is 7.98. The molecule has 1 aromatic heterocycles. The van der Waals surface area contributed by atoms with Crippen LogP contribution in [-0.4, -0.2) is 21.6 Å². The molecule has 86 valence electrons. The number of aryl methyl sites for hydroxylation is 2. The molecule has 0 unspecified atom stereocenters. The van der Waals surface area contributed by atoms with Crippen molar-refractivity contribution in [1.82, 2.24) is 9.55 Å². The maximum Gasteiger partial charge on any atom is 0.201 e. The van der Waals surface area contributed by atoms with E-state index >= 15 is 0 Å². The summed E-state index contributed by atoms with van der Waals surface area (Å²) in [6.07, 6.45) is 3.26. The Labute approximate surface area is 100 Å². The van der Waals surface area contributed by atoms with Gasteiger partial charge in [0.1, 0.15) is 0 Å². The summed E-state index contributed by atoms with van der Waals surface area (Å²) in [6, 6.07) is 6.15. The lowest BCUT2D eigenvalue weighted by molar-refractivity contribution is 0.711. The minimum Gasteiger partial charge on any atom is -0.369 e. The van der Waals surface area contributed by atoms with Gasteiger partial charge in [-0.25, -0.2) is 4.98 Å². The molecule has 0 aliphatic heterocycles. The number of hydrogen-bond donors (Lipinski definition) is 1. The second kappa shape index (κ2) is 4.78. The molecule has 2 rings (SSSR count). The zero-order chi connectivity index (χ0) is 11.5. The fourth-order valence-corrected chi connectivity index (χ4v) is 2.39. The predicted octanol–water partition coefficient (Wildman–Crippen LogP) is 2.68. The van der Waals surface area contributed by atoms with Gasteiger partial charge in [-0.1, -0.05) is 12.1 Å². The van der Waals surface area contributed by atoms with Gasteiger partial charge in [-0.05, 0) is 37.0 Å². The number of thioether (sulfide) groups is 1. The van der Waals surface area contributed by atoms with E-state index in [0.29, 0.717) is 5.95 Å². The van der Waals surface area contributed by atoms with Gasteiger partial charge in [0.25, 0.3) is 0 Å². The largest absolute Gasteiger partial charge is 0.369 e. The van der Waals surface area contributed by atoms with E-state index in [1.54, 1.807) is 0 Å². The van der Waals surface area contributed by atoms with Crippen LogP contribution in [-0.2, 0) is 6.54 Å². The van der Waals surface area contributed by atoms with Crippen LogP contribution in [0.3, 0.4) is 0 Å². The Morgan fingerprint density at radius 1 is 1.44 bits per heavy atom. The Morgan fingerprint density at radius 3 is 3.00 bits per heavy atom. The van der Waals surface area contributed by atoms with Crippen molar-refractivity contribution in [1.29, 1.82) is 0 Å². The molecule has 0 fully saturated rings. The summed E-state index contributed by atoms with van der Waals surface area (Å²) in [5.41, 5.74) is 9.37.